The zero-order valence-electron chi connectivity index (χ0n) is 15.0. The first-order valence-corrected chi connectivity index (χ1v) is 10.8. The third-order valence-electron chi connectivity index (χ3n) is 4.18. The standard InChI is InChI=1S/C19H19N5O2S2/c25-17(21-18(26)20-13-5-2-1-3-6-13)12-28-19-23-22-16(24(19)14-8-9-14)11-15-7-4-10-27-15/h1-7,10,14H,8-9,11-12H2,(H2,20,21,25,26). The van der Waals surface area contributed by atoms with Crippen LogP contribution >= 0.6 is 23.1 Å². The number of thioether (sulfide) groups is 1. The van der Waals surface area contributed by atoms with Gasteiger partial charge in [-0.25, -0.2) is 4.79 Å². The lowest BCUT2D eigenvalue weighted by atomic mass is 10.3. The van der Waals surface area contributed by atoms with Crippen LogP contribution in [0.3, 0.4) is 0 Å². The SMILES string of the molecule is O=C(CSc1nnc(Cc2cccs2)n1C1CC1)NC(=O)Nc1ccccc1. The maximum absolute atomic E-state index is 12.1. The zero-order valence-corrected chi connectivity index (χ0v) is 16.6. The van der Waals surface area contributed by atoms with Gasteiger partial charge in [-0.05, 0) is 36.4 Å². The van der Waals surface area contributed by atoms with Gasteiger partial charge in [0.05, 0.1) is 5.75 Å². The topological polar surface area (TPSA) is 88.9 Å². The van der Waals surface area contributed by atoms with Crippen LogP contribution < -0.4 is 10.6 Å². The van der Waals surface area contributed by atoms with Gasteiger partial charge in [0.25, 0.3) is 0 Å². The summed E-state index contributed by atoms with van der Waals surface area (Å²) in [4.78, 5) is 25.3. The van der Waals surface area contributed by atoms with E-state index in [1.807, 2.05) is 29.6 Å². The van der Waals surface area contributed by atoms with Crippen LogP contribution in [0.2, 0.25) is 0 Å². The molecule has 3 amide bonds. The number of carbonyl (C=O) groups excluding carboxylic acids is 2. The van der Waals surface area contributed by atoms with Gasteiger partial charge in [-0.2, -0.15) is 0 Å². The molecule has 1 fully saturated rings. The molecule has 144 valence electrons. The van der Waals surface area contributed by atoms with E-state index in [9.17, 15) is 9.59 Å². The number of hydrogen-bond acceptors (Lipinski definition) is 6. The molecule has 0 bridgehead atoms. The Balaban J connectivity index is 1.33. The fourth-order valence-corrected chi connectivity index (χ4v) is 4.30. The molecule has 0 atom stereocenters. The van der Waals surface area contributed by atoms with Crippen molar-refractivity contribution in [2.24, 2.45) is 0 Å². The van der Waals surface area contributed by atoms with Gasteiger partial charge in [0.15, 0.2) is 5.16 Å². The third kappa shape index (κ3) is 4.79. The number of amides is 3. The molecule has 0 spiro atoms. The van der Waals surface area contributed by atoms with Gasteiger partial charge in [0.1, 0.15) is 5.82 Å². The van der Waals surface area contributed by atoms with Crippen molar-refractivity contribution < 1.29 is 9.59 Å². The molecule has 0 saturated heterocycles. The summed E-state index contributed by atoms with van der Waals surface area (Å²) in [5.41, 5.74) is 0.632. The van der Waals surface area contributed by atoms with Crippen molar-refractivity contribution in [1.29, 1.82) is 0 Å². The first-order valence-electron chi connectivity index (χ1n) is 8.94. The Hall–Kier alpha value is -2.65. The van der Waals surface area contributed by atoms with Crippen molar-refractivity contribution in [2.45, 2.75) is 30.5 Å². The number of nitrogens with zero attached hydrogens (tertiary/aromatic N) is 3. The molecule has 1 aliphatic carbocycles. The molecule has 1 aromatic carbocycles. The second-order valence-corrected chi connectivity index (χ2v) is 8.39. The van der Waals surface area contributed by atoms with E-state index in [2.05, 4.69) is 31.5 Å². The summed E-state index contributed by atoms with van der Waals surface area (Å²) in [6.07, 6.45) is 2.96. The highest BCUT2D eigenvalue weighted by Crippen LogP contribution is 2.39. The van der Waals surface area contributed by atoms with Crippen LogP contribution in [0, 0.1) is 0 Å². The smallest absolute Gasteiger partial charge is 0.308 e. The molecule has 3 aromatic rings. The molecule has 7 nitrogen and oxygen atoms in total. The second kappa shape index (κ2) is 8.57. The van der Waals surface area contributed by atoms with Crippen molar-refractivity contribution >= 4 is 40.7 Å². The maximum Gasteiger partial charge on any atom is 0.325 e. The van der Waals surface area contributed by atoms with Gasteiger partial charge >= 0.3 is 6.03 Å². The number of aromatic nitrogens is 3. The normalized spacial score (nSPS) is 13.3. The van der Waals surface area contributed by atoms with Gasteiger partial charge in [-0.3, -0.25) is 10.1 Å². The molecule has 1 aliphatic rings. The average Bonchev–Trinajstić information content (AvgIpc) is 3.23. The molecule has 2 aromatic heterocycles. The number of imide groups is 1. The first kappa shape index (κ1) is 18.7. The van der Waals surface area contributed by atoms with Crippen molar-refractivity contribution in [3.05, 3.63) is 58.5 Å². The molecule has 4 rings (SSSR count). The van der Waals surface area contributed by atoms with Gasteiger partial charge in [-0.15, -0.1) is 21.5 Å². The largest absolute Gasteiger partial charge is 0.325 e. The number of para-hydroxylation sites is 1. The van der Waals surface area contributed by atoms with Crippen LogP contribution in [0.5, 0.6) is 0 Å². The van der Waals surface area contributed by atoms with E-state index in [0.29, 0.717) is 11.7 Å². The Morgan fingerprint density at radius 1 is 1.14 bits per heavy atom. The molecule has 0 radical (unpaired) electrons. The number of nitrogens with one attached hydrogen (secondary N) is 2. The quantitative estimate of drug-likeness (QED) is 0.577. The molecule has 28 heavy (non-hydrogen) atoms. The minimum absolute atomic E-state index is 0.103. The summed E-state index contributed by atoms with van der Waals surface area (Å²) >= 11 is 3.00. The molecule has 2 heterocycles. The number of hydrogen-bond donors (Lipinski definition) is 2. The van der Waals surface area contributed by atoms with Crippen molar-refractivity contribution in [1.82, 2.24) is 20.1 Å². The number of anilines is 1. The summed E-state index contributed by atoms with van der Waals surface area (Å²) in [7, 11) is 0. The van der Waals surface area contributed by atoms with Crippen molar-refractivity contribution in [3.8, 4) is 0 Å². The summed E-state index contributed by atoms with van der Waals surface area (Å²) in [5, 5.41) is 16.4. The molecule has 9 heteroatoms. The van der Waals surface area contributed by atoms with Crippen LogP contribution in [-0.4, -0.2) is 32.5 Å². The van der Waals surface area contributed by atoms with Crippen LogP contribution in [0.4, 0.5) is 10.5 Å². The van der Waals surface area contributed by atoms with Crippen LogP contribution in [0.1, 0.15) is 29.6 Å². The lowest BCUT2D eigenvalue weighted by molar-refractivity contribution is -0.117. The van der Waals surface area contributed by atoms with Crippen LogP contribution in [0.15, 0.2) is 53.0 Å². The average molecular weight is 414 g/mol. The summed E-state index contributed by atoms with van der Waals surface area (Å²) in [6, 6.07) is 13.0. The van der Waals surface area contributed by atoms with Crippen LogP contribution in [0.25, 0.3) is 0 Å². The predicted molar refractivity (Wildman–Crippen MR) is 110 cm³/mol. The Kier molecular flexibility index (Phi) is 5.73. The van der Waals surface area contributed by atoms with Gasteiger partial charge in [-0.1, -0.05) is 36.0 Å². The highest BCUT2D eigenvalue weighted by atomic mass is 32.2. The van der Waals surface area contributed by atoms with E-state index in [-0.39, 0.29) is 11.7 Å². The molecule has 1 saturated carbocycles. The maximum atomic E-state index is 12.1. The van der Waals surface area contributed by atoms with E-state index in [1.165, 1.54) is 16.6 Å². The fourth-order valence-electron chi connectivity index (χ4n) is 2.77. The van der Waals surface area contributed by atoms with Gasteiger partial charge in [0, 0.05) is 23.0 Å². The second-order valence-electron chi connectivity index (χ2n) is 6.41. The first-order chi connectivity index (χ1) is 13.7. The zero-order chi connectivity index (χ0) is 19.3. The van der Waals surface area contributed by atoms with E-state index >= 15 is 0 Å². The van der Waals surface area contributed by atoms with Gasteiger partial charge in [0.2, 0.25) is 5.91 Å². The highest BCUT2D eigenvalue weighted by Gasteiger charge is 2.30. The predicted octanol–water partition coefficient (Wildman–Crippen LogP) is 3.71. The lowest BCUT2D eigenvalue weighted by Crippen LogP contribution is -2.35. The van der Waals surface area contributed by atoms with E-state index in [1.54, 1.807) is 23.5 Å². The minimum Gasteiger partial charge on any atom is -0.308 e. The number of rotatable bonds is 7. The lowest BCUT2D eigenvalue weighted by Gasteiger charge is -2.09. The Labute approximate surface area is 170 Å². The number of urea groups is 1. The van der Waals surface area contributed by atoms with Gasteiger partial charge < -0.3 is 9.88 Å². The monoisotopic (exact) mass is 413 g/mol. The number of thiophene rings is 1. The Morgan fingerprint density at radius 2 is 1.96 bits per heavy atom. The van der Waals surface area contributed by atoms with Crippen molar-refractivity contribution in [3.63, 3.8) is 0 Å². The third-order valence-corrected chi connectivity index (χ3v) is 6.00. The molecular weight excluding hydrogens is 394 g/mol. The van der Waals surface area contributed by atoms with Crippen LogP contribution in [-0.2, 0) is 11.2 Å². The summed E-state index contributed by atoms with van der Waals surface area (Å²) in [6.45, 7) is 0. The molecule has 0 unspecified atom stereocenters. The van der Waals surface area contributed by atoms with E-state index in [0.717, 1.165) is 30.2 Å². The summed E-state index contributed by atoms with van der Waals surface area (Å²) in [5.74, 6) is 0.657. The molecule has 2 N–H and O–H groups in total. The molecule has 0 aliphatic heterocycles. The number of benzene rings is 1. The molecular formula is C19H19N5O2S2. The Morgan fingerprint density at radius 3 is 2.68 bits per heavy atom. The number of carbonyl (C=O) groups is 2. The minimum atomic E-state index is -0.543. The van der Waals surface area contributed by atoms with E-state index < -0.39 is 6.03 Å². The highest BCUT2D eigenvalue weighted by molar-refractivity contribution is 7.99. The van der Waals surface area contributed by atoms with Crippen molar-refractivity contribution in [2.75, 3.05) is 11.1 Å². The van der Waals surface area contributed by atoms with E-state index in [4.69, 9.17) is 0 Å². The fraction of sp³-hybridized carbons (Fsp3) is 0.263. The Bertz CT molecular complexity index is 952. The summed E-state index contributed by atoms with van der Waals surface area (Å²) < 4.78 is 2.14.